The number of aromatic nitrogens is 1. The summed E-state index contributed by atoms with van der Waals surface area (Å²) in [6, 6.07) is 7.82. The number of carbonyl (C=O) groups is 2. The van der Waals surface area contributed by atoms with Crippen molar-refractivity contribution in [1.82, 2.24) is 20.1 Å². The van der Waals surface area contributed by atoms with E-state index in [1.165, 1.54) is 12.1 Å². The Labute approximate surface area is 229 Å². The Bertz CT molecular complexity index is 1310. The van der Waals surface area contributed by atoms with E-state index in [1.54, 1.807) is 23.2 Å². The molecule has 9 heteroatoms. The van der Waals surface area contributed by atoms with Crippen molar-refractivity contribution in [3.63, 3.8) is 0 Å². The van der Waals surface area contributed by atoms with Crippen molar-refractivity contribution < 1.29 is 19.1 Å². The molecule has 39 heavy (non-hydrogen) atoms. The van der Waals surface area contributed by atoms with E-state index in [9.17, 15) is 19.1 Å². The maximum Gasteiger partial charge on any atom is 0.249 e. The number of hydrogen-bond donors (Lipinski definition) is 2. The topological polar surface area (TPSA) is 89.0 Å². The van der Waals surface area contributed by atoms with E-state index in [0.29, 0.717) is 49.5 Å². The molecule has 2 aromatic rings. The van der Waals surface area contributed by atoms with Crippen molar-refractivity contribution >= 4 is 17.5 Å². The minimum absolute atomic E-state index is 0.0210. The van der Waals surface area contributed by atoms with Gasteiger partial charge in [-0.05, 0) is 50.1 Å². The van der Waals surface area contributed by atoms with Gasteiger partial charge in [0.15, 0.2) is 0 Å². The van der Waals surface area contributed by atoms with Crippen LogP contribution in [-0.4, -0.2) is 83.1 Å². The summed E-state index contributed by atoms with van der Waals surface area (Å²) in [5.41, 5.74) is 4.20. The third kappa shape index (κ3) is 5.35. The molecule has 3 aliphatic rings. The molecule has 2 N–H and O–H groups in total. The van der Waals surface area contributed by atoms with Gasteiger partial charge in [0.05, 0.1) is 17.9 Å². The minimum atomic E-state index is -0.985. The SMILES string of the molecule is CC1=C(C)C(=O)N(C[C@H]2CNC(C)CN2CC(=O)N2CC(C)(C)c3ncc([C@H](O)c4ccc(F)cc4)cc32)C1. The first-order valence-electron chi connectivity index (χ1n) is 13.6. The molecule has 208 valence electrons. The maximum absolute atomic E-state index is 13.9. The number of nitrogens with zero attached hydrogens (tertiary/aromatic N) is 4. The van der Waals surface area contributed by atoms with Gasteiger partial charge in [-0.2, -0.15) is 0 Å². The predicted octanol–water partition coefficient (Wildman–Crippen LogP) is 2.77. The van der Waals surface area contributed by atoms with Crippen LogP contribution >= 0.6 is 0 Å². The zero-order valence-electron chi connectivity index (χ0n) is 23.4. The van der Waals surface area contributed by atoms with Crippen LogP contribution in [0.5, 0.6) is 0 Å². The summed E-state index contributed by atoms with van der Waals surface area (Å²) in [4.78, 5) is 37.1. The second kappa shape index (κ2) is 10.4. The van der Waals surface area contributed by atoms with Gasteiger partial charge in [-0.25, -0.2) is 4.39 Å². The molecule has 0 radical (unpaired) electrons. The lowest BCUT2D eigenvalue weighted by Crippen LogP contribution is -2.61. The lowest BCUT2D eigenvalue weighted by Gasteiger charge is -2.41. The molecule has 1 unspecified atom stereocenters. The third-order valence-electron chi connectivity index (χ3n) is 8.35. The number of halogens is 1. The number of hydrogen-bond acceptors (Lipinski definition) is 6. The number of carbonyl (C=O) groups excluding carboxylic acids is 2. The molecular weight excluding hydrogens is 497 g/mol. The molecule has 0 saturated carbocycles. The summed E-state index contributed by atoms with van der Waals surface area (Å²) in [6.45, 7) is 13.4. The fraction of sp³-hybridized carbons (Fsp3) is 0.500. The van der Waals surface area contributed by atoms with Gasteiger partial charge in [0.1, 0.15) is 11.9 Å². The van der Waals surface area contributed by atoms with Gasteiger partial charge >= 0.3 is 0 Å². The second-order valence-corrected chi connectivity index (χ2v) is 11.9. The Hall–Kier alpha value is -3.14. The van der Waals surface area contributed by atoms with E-state index < -0.39 is 6.10 Å². The number of anilines is 1. The Morgan fingerprint density at radius 3 is 2.62 bits per heavy atom. The van der Waals surface area contributed by atoms with E-state index in [2.05, 4.69) is 36.0 Å². The highest BCUT2D eigenvalue weighted by Crippen LogP contribution is 2.41. The van der Waals surface area contributed by atoms with E-state index in [1.807, 2.05) is 24.8 Å². The van der Waals surface area contributed by atoms with Crippen molar-refractivity contribution in [1.29, 1.82) is 0 Å². The Kier molecular flexibility index (Phi) is 7.35. The molecule has 0 aliphatic carbocycles. The van der Waals surface area contributed by atoms with Crippen molar-refractivity contribution in [3.05, 3.63) is 70.3 Å². The summed E-state index contributed by atoms with van der Waals surface area (Å²) < 4.78 is 13.4. The summed E-state index contributed by atoms with van der Waals surface area (Å²) in [5, 5.41) is 14.5. The molecule has 0 bridgehead atoms. The number of amides is 2. The van der Waals surface area contributed by atoms with Crippen LogP contribution in [0.3, 0.4) is 0 Å². The Balaban J connectivity index is 1.36. The van der Waals surface area contributed by atoms with E-state index in [-0.39, 0.29) is 41.7 Å². The molecule has 1 fully saturated rings. The number of pyridine rings is 1. The van der Waals surface area contributed by atoms with Crippen LogP contribution in [0.4, 0.5) is 10.1 Å². The normalized spacial score (nSPS) is 23.9. The first-order valence-corrected chi connectivity index (χ1v) is 13.6. The minimum Gasteiger partial charge on any atom is -0.384 e. The number of fused-ring (bicyclic) bond motifs is 1. The quantitative estimate of drug-likeness (QED) is 0.592. The average Bonchev–Trinajstić information content (AvgIpc) is 3.31. The summed E-state index contributed by atoms with van der Waals surface area (Å²) in [7, 11) is 0. The molecule has 8 nitrogen and oxygen atoms in total. The van der Waals surface area contributed by atoms with E-state index >= 15 is 0 Å². The number of piperazine rings is 1. The Morgan fingerprint density at radius 1 is 1.23 bits per heavy atom. The van der Waals surface area contributed by atoms with Crippen molar-refractivity contribution in [2.75, 3.05) is 44.2 Å². The first-order chi connectivity index (χ1) is 18.4. The highest BCUT2D eigenvalue weighted by molar-refractivity contribution is 5.97. The fourth-order valence-corrected chi connectivity index (χ4v) is 5.92. The van der Waals surface area contributed by atoms with Crippen molar-refractivity contribution in [3.8, 4) is 0 Å². The van der Waals surface area contributed by atoms with Gasteiger partial charge in [-0.3, -0.25) is 19.5 Å². The lowest BCUT2D eigenvalue weighted by atomic mass is 9.90. The summed E-state index contributed by atoms with van der Waals surface area (Å²) in [5.74, 6) is -0.326. The largest absolute Gasteiger partial charge is 0.384 e. The molecule has 5 rings (SSSR count). The van der Waals surface area contributed by atoms with Crippen LogP contribution in [0, 0.1) is 5.82 Å². The molecule has 4 heterocycles. The van der Waals surface area contributed by atoms with Crippen LogP contribution in [0.1, 0.15) is 57.5 Å². The first kappa shape index (κ1) is 27.4. The van der Waals surface area contributed by atoms with Crippen LogP contribution in [-0.2, 0) is 15.0 Å². The zero-order valence-corrected chi connectivity index (χ0v) is 23.4. The van der Waals surface area contributed by atoms with Gasteiger partial charge in [0, 0.05) is 67.6 Å². The standard InChI is InChI=1S/C30H38FN5O3/c1-18-13-35(29(39)20(18)3)15-24-12-32-19(2)14-34(24)16-26(37)36-17-30(4,5)28-25(36)10-22(11-33-28)27(38)21-6-8-23(31)9-7-21/h6-11,19,24,27,32,38H,12-17H2,1-5H3/t19?,24-,27-/m1/s1. The van der Waals surface area contributed by atoms with Crippen LogP contribution in [0.15, 0.2) is 47.7 Å². The van der Waals surface area contributed by atoms with Gasteiger partial charge in [-0.15, -0.1) is 0 Å². The number of aliphatic hydroxyl groups is 1. The van der Waals surface area contributed by atoms with Gasteiger partial charge in [0.2, 0.25) is 11.8 Å². The van der Waals surface area contributed by atoms with Crippen LogP contribution < -0.4 is 10.2 Å². The lowest BCUT2D eigenvalue weighted by molar-refractivity contribution is -0.126. The smallest absolute Gasteiger partial charge is 0.249 e. The highest BCUT2D eigenvalue weighted by atomic mass is 19.1. The molecule has 0 spiro atoms. The van der Waals surface area contributed by atoms with E-state index in [0.717, 1.165) is 16.8 Å². The summed E-state index contributed by atoms with van der Waals surface area (Å²) >= 11 is 0. The molecule has 1 aromatic heterocycles. The molecule has 1 aromatic carbocycles. The zero-order chi connectivity index (χ0) is 28.1. The average molecular weight is 536 g/mol. The van der Waals surface area contributed by atoms with Crippen LogP contribution in [0.2, 0.25) is 0 Å². The Morgan fingerprint density at radius 2 is 1.95 bits per heavy atom. The monoisotopic (exact) mass is 535 g/mol. The summed E-state index contributed by atoms with van der Waals surface area (Å²) in [6.07, 6.45) is 0.655. The molecule has 2 amide bonds. The number of nitrogens with one attached hydrogen (secondary N) is 1. The maximum atomic E-state index is 13.9. The second-order valence-electron chi connectivity index (χ2n) is 11.9. The van der Waals surface area contributed by atoms with Gasteiger partial charge < -0.3 is 20.2 Å². The van der Waals surface area contributed by atoms with Gasteiger partial charge in [0.25, 0.3) is 0 Å². The van der Waals surface area contributed by atoms with Gasteiger partial charge in [-0.1, -0.05) is 26.0 Å². The number of aliphatic hydroxyl groups excluding tert-OH is 1. The number of rotatable bonds is 6. The van der Waals surface area contributed by atoms with Crippen molar-refractivity contribution in [2.45, 2.75) is 58.2 Å². The third-order valence-corrected chi connectivity index (χ3v) is 8.35. The van der Waals surface area contributed by atoms with Crippen LogP contribution in [0.25, 0.3) is 0 Å². The predicted molar refractivity (Wildman–Crippen MR) is 148 cm³/mol. The van der Waals surface area contributed by atoms with Crippen molar-refractivity contribution in [2.24, 2.45) is 0 Å². The highest BCUT2D eigenvalue weighted by Gasteiger charge is 2.41. The number of benzene rings is 1. The molecule has 3 aliphatic heterocycles. The fourth-order valence-electron chi connectivity index (χ4n) is 5.92. The molecule has 3 atom stereocenters. The molecule has 1 saturated heterocycles. The molecular formula is C30H38FN5O3. The van der Waals surface area contributed by atoms with E-state index in [4.69, 9.17) is 0 Å².